The van der Waals surface area contributed by atoms with E-state index in [0.29, 0.717) is 11.4 Å². The third-order valence-electron chi connectivity index (χ3n) is 6.12. The summed E-state index contributed by atoms with van der Waals surface area (Å²) in [7, 11) is -3.60. The van der Waals surface area contributed by atoms with Crippen LogP contribution in [0.15, 0.2) is 69.0 Å². The number of carbonyl (C=O) groups is 1. The Kier molecular flexibility index (Phi) is 3.86. The van der Waals surface area contributed by atoms with Crippen molar-refractivity contribution in [3.63, 3.8) is 0 Å². The molecule has 0 amide bonds. The molecule has 0 atom stereocenters. The Morgan fingerprint density at radius 1 is 1.07 bits per heavy atom. The first-order valence-electron chi connectivity index (χ1n) is 9.44. The number of hydrogen-bond acceptors (Lipinski definition) is 4. The van der Waals surface area contributed by atoms with Crippen molar-refractivity contribution >= 4 is 27.1 Å². The molecule has 1 fully saturated rings. The minimum absolute atomic E-state index is 0.0774. The highest BCUT2D eigenvalue weighted by Crippen LogP contribution is 2.69. The van der Waals surface area contributed by atoms with Crippen LogP contribution in [0.3, 0.4) is 0 Å². The van der Waals surface area contributed by atoms with E-state index in [1.807, 2.05) is 43.5 Å². The number of ketones is 1. The van der Waals surface area contributed by atoms with E-state index in [1.54, 1.807) is 12.1 Å². The zero-order valence-electron chi connectivity index (χ0n) is 15.9. The summed E-state index contributed by atoms with van der Waals surface area (Å²) in [5, 5.41) is 1.91. The lowest BCUT2D eigenvalue weighted by Crippen LogP contribution is -2.45. The van der Waals surface area contributed by atoms with Crippen LogP contribution in [-0.4, -0.2) is 31.6 Å². The van der Waals surface area contributed by atoms with Gasteiger partial charge in [0.2, 0.25) is 10.0 Å². The third-order valence-corrected chi connectivity index (χ3v) is 8.79. The standard InChI is InChI=1S/C22H21NO3S2/c1-14-5-7-16(8-6-14)28(25,26)23-12-15(2)19-17(13-23)20(22(19)9-10-22)21(24)18-4-3-11-27-18/h3-8,11H,9-10,12-13H2,1-2H3. The van der Waals surface area contributed by atoms with Crippen molar-refractivity contribution in [1.29, 1.82) is 0 Å². The Morgan fingerprint density at radius 3 is 2.39 bits per heavy atom. The average Bonchev–Trinajstić information content (AvgIpc) is 3.28. The molecular weight excluding hydrogens is 390 g/mol. The van der Waals surface area contributed by atoms with E-state index in [0.717, 1.165) is 40.0 Å². The molecule has 0 unspecified atom stereocenters. The maximum Gasteiger partial charge on any atom is 0.243 e. The Bertz CT molecular complexity index is 1150. The number of nitrogens with zero attached hydrogens (tertiary/aromatic N) is 1. The topological polar surface area (TPSA) is 54.5 Å². The van der Waals surface area contributed by atoms with E-state index in [9.17, 15) is 13.2 Å². The van der Waals surface area contributed by atoms with Crippen LogP contribution in [0.25, 0.3) is 0 Å². The van der Waals surface area contributed by atoms with Gasteiger partial charge in [0, 0.05) is 24.1 Å². The van der Waals surface area contributed by atoms with Crippen LogP contribution in [0.5, 0.6) is 0 Å². The molecule has 3 aliphatic rings. The number of sulfonamides is 1. The molecule has 1 aliphatic heterocycles. The zero-order chi connectivity index (χ0) is 19.7. The van der Waals surface area contributed by atoms with Gasteiger partial charge in [-0.2, -0.15) is 4.31 Å². The van der Waals surface area contributed by atoms with Gasteiger partial charge in [0.05, 0.1) is 9.77 Å². The number of benzene rings is 1. The summed E-state index contributed by atoms with van der Waals surface area (Å²) < 4.78 is 27.9. The Hall–Kier alpha value is -2.02. The summed E-state index contributed by atoms with van der Waals surface area (Å²) in [5.74, 6) is 0.0774. The van der Waals surface area contributed by atoms with Crippen LogP contribution < -0.4 is 0 Å². The lowest BCUT2D eigenvalue weighted by molar-refractivity contribution is 0.101. The summed E-state index contributed by atoms with van der Waals surface area (Å²) in [6.07, 6.45) is 2.00. The monoisotopic (exact) mass is 411 g/mol. The predicted molar refractivity (Wildman–Crippen MR) is 110 cm³/mol. The number of allylic oxidation sites excluding steroid dienone is 1. The largest absolute Gasteiger partial charge is 0.288 e. The second-order valence-corrected chi connectivity index (χ2v) is 10.9. The molecule has 0 saturated heterocycles. The third kappa shape index (κ3) is 2.44. The number of thiophene rings is 1. The molecule has 0 bridgehead atoms. The maximum atomic E-state index is 13.2. The summed E-state index contributed by atoms with van der Waals surface area (Å²) in [4.78, 5) is 14.2. The molecule has 144 valence electrons. The van der Waals surface area contributed by atoms with Gasteiger partial charge < -0.3 is 0 Å². The lowest BCUT2D eigenvalue weighted by atomic mass is 9.64. The number of carbonyl (C=O) groups excluding carboxylic acids is 1. The van der Waals surface area contributed by atoms with Gasteiger partial charge in [0.15, 0.2) is 5.78 Å². The van der Waals surface area contributed by atoms with Crippen LogP contribution in [0.1, 0.15) is 35.0 Å². The molecule has 2 aliphatic carbocycles. The molecule has 6 heteroatoms. The fourth-order valence-electron chi connectivity index (χ4n) is 4.70. The normalized spacial score (nSPS) is 20.9. The van der Waals surface area contributed by atoms with Gasteiger partial charge in [0.25, 0.3) is 0 Å². The molecule has 1 aromatic carbocycles. The molecular formula is C22H21NO3S2. The van der Waals surface area contributed by atoms with Crippen molar-refractivity contribution in [2.24, 2.45) is 5.41 Å². The van der Waals surface area contributed by atoms with Gasteiger partial charge in [0.1, 0.15) is 0 Å². The van der Waals surface area contributed by atoms with Crippen LogP contribution >= 0.6 is 11.3 Å². The molecule has 5 rings (SSSR count). The van der Waals surface area contributed by atoms with Crippen LogP contribution in [0.2, 0.25) is 0 Å². The summed E-state index contributed by atoms with van der Waals surface area (Å²) in [5.41, 5.74) is 5.06. The Balaban J connectivity index is 1.56. The molecule has 1 spiro atoms. The number of rotatable bonds is 4. The minimum Gasteiger partial charge on any atom is -0.288 e. The maximum absolute atomic E-state index is 13.2. The van der Waals surface area contributed by atoms with Gasteiger partial charge in [-0.25, -0.2) is 8.42 Å². The van der Waals surface area contributed by atoms with E-state index in [4.69, 9.17) is 0 Å². The number of Topliss-reactive ketones (excluding diaryl/α,β-unsaturated/α-hetero) is 1. The molecule has 2 aromatic rings. The van der Waals surface area contributed by atoms with Gasteiger partial charge in [-0.1, -0.05) is 29.3 Å². The van der Waals surface area contributed by atoms with Crippen molar-refractivity contribution in [3.8, 4) is 0 Å². The molecule has 4 nitrogen and oxygen atoms in total. The first-order valence-corrected chi connectivity index (χ1v) is 11.8. The second-order valence-electron chi connectivity index (χ2n) is 7.98. The summed E-state index contributed by atoms with van der Waals surface area (Å²) in [6.45, 7) is 4.64. The summed E-state index contributed by atoms with van der Waals surface area (Å²) >= 11 is 1.45. The van der Waals surface area contributed by atoms with Gasteiger partial charge >= 0.3 is 0 Å². The summed E-state index contributed by atoms with van der Waals surface area (Å²) in [6, 6.07) is 10.7. The first-order chi connectivity index (χ1) is 13.3. The predicted octanol–water partition coefficient (Wildman–Crippen LogP) is 4.35. The Morgan fingerprint density at radius 2 is 1.79 bits per heavy atom. The van der Waals surface area contributed by atoms with Crippen molar-refractivity contribution in [2.45, 2.75) is 31.6 Å². The van der Waals surface area contributed by atoms with Crippen molar-refractivity contribution < 1.29 is 13.2 Å². The quantitative estimate of drug-likeness (QED) is 0.703. The highest BCUT2D eigenvalue weighted by molar-refractivity contribution is 7.89. The minimum atomic E-state index is -3.60. The SMILES string of the molecule is CC1=C2C(=C(C(=O)c3cccs3)C23CC3)CN(S(=O)(=O)c2ccc(C)cc2)C1. The van der Waals surface area contributed by atoms with E-state index in [1.165, 1.54) is 21.2 Å². The Labute approximate surface area is 169 Å². The molecule has 1 saturated carbocycles. The highest BCUT2D eigenvalue weighted by Gasteiger charge is 2.62. The fourth-order valence-corrected chi connectivity index (χ4v) is 6.82. The van der Waals surface area contributed by atoms with E-state index in [2.05, 4.69) is 0 Å². The number of aryl methyl sites for hydroxylation is 1. The molecule has 1 aromatic heterocycles. The second kappa shape index (κ2) is 5.99. The molecule has 2 heterocycles. The van der Waals surface area contributed by atoms with Crippen LogP contribution in [0.4, 0.5) is 0 Å². The number of hydrogen-bond donors (Lipinski definition) is 0. The van der Waals surface area contributed by atoms with Crippen molar-refractivity contribution in [2.75, 3.05) is 13.1 Å². The average molecular weight is 412 g/mol. The van der Waals surface area contributed by atoms with E-state index in [-0.39, 0.29) is 17.7 Å². The lowest BCUT2D eigenvalue weighted by Gasteiger charge is -2.44. The van der Waals surface area contributed by atoms with Crippen molar-refractivity contribution in [3.05, 3.63) is 74.5 Å². The highest BCUT2D eigenvalue weighted by atomic mass is 32.2. The van der Waals surface area contributed by atoms with Crippen LogP contribution in [0, 0.1) is 12.3 Å². The fraction of sp³-hybridized carbons (Fsp3) is 0.318. The van der Waals surface area contributed by atoms with E-state index < -0.39 is 10.0 Å². The number of fused-ring (bicyclic) bond motifs is 2. The smallest absolute Gasteiger partial charge is 0.243 e. The first kappa shape index (κ1) is 18.0. The molecule has 0 radical (unpaired) electrons. The van der Waals surface area contributed by atoms with E-state index >= 15 is 0 Å². The van der Waals surface area contributed by atoms with Crippen molar-refractivity contribution in [1.82, 2.24) is 4.31 Å². The van der Waals surface area contributed by atoms with Gasteiger partial charge in [-0.15, -0.1) is 11.3 Å². The van der Waals surface area contributed by atoms with Gasteiger partial charge in [-0.3, -0.25) is 4.79 Å². The van der Waals surface area contributed by atoms with Gasteiger partial charge in [-0.05, 0) is 61.4 Å². The van der Waals surface area contributed by atoms with Crippen LogP contribution in [-0.2, 0) is 10.0 Å². The zero-order valence-corrected chi connectivity index (χ0v) is 17.5. The molecule has 0 N–H and O–H groups in total. The molecule has 28 heavy (non-hydrogen) atoms.